The average Bonchev–Trinajstić information content (AvgIpc) is 2.26. The molecular formula is C10H11N3O6. The number of carboxylic acid groups (broad SMARTS) is 2. The monoisotopic (exact) mass is 269 g/mol. The molecule has 1 rings (SSSR count). The lowest BCUT2D eigenvalue weighted by molar-refractivity contribution is -0.384. The highest BCUT2D eigenvalue weighted by Gasteiger charge is 2.24. The maximum absolute atomic E-state index is 10.9. The summed E-state index contributed by atoms with van der Waals surface area (Å²) >= 11 is 0. The number of aliphatic carboxylic acids is 2. The second-order valence-corrected chi connectivity index (χ2v) is 3.76. The number of carboxylic acids is 2. The summed E-state index contributed by atoms with van der Waals surface area (Å²) in [6, 6.07) is 1.21. The lowest BCUT2D eigenvalue weighted by Crippen LogP contribution is -2.35. The number of carbonyl (C=O) groups is 2. The van der Waals surface area contributed by atoms with Crippen LogP contribution in [0, 0.1) is 17.0 Å². The fraction of sp³-hybridized carbons (Fsp3) is 0.300. The molecule has 2 N–H and O–H groups in total. The zero-order chi connectivity index (χ0) is 14.6. The molecule has 0 saturated heterocycles. The van der Waals surface area contributed by atoms with Gasteiger partial charge < -0.3 is 15.1 Å². The highest BCUT2D eigenvalue weighted by molar-refractivity contribution is 5.80. The molecule has 9 nitrogen and oxygen atoms in total. The van der Waals surface area contributed by atoms with Crippen LogP contribution in [-0.2, 0) is 9.59 Å². The van der Waals surface area contributed by atoms with Gasteiger partial charge in [0.2, 0.25) is 5.82 Å². The van der Waals surface area contributed by atoms with Crippen molar-refractivity contribution in [1.29, 1.82) is 0 Å². The molecule has 0 amide bonds. The second-order valence-electron chi connectivity index (χ2n) is 3.76. The smallest absolute Gasteiger partial charge is 0.323 e. The Bertz CT molecular complexity index is 514. The van der Waals surface area contributed by atoms with Crippen molar-refractivity contribution in [2.75, 3.05) is 18.0 Å². The summed E-state index contributed by atoms with van der Waals surface area (Å²) < 4.78 is 0. The summed E-state index contributed by atoms with van der Waals surface area (Å²) in [6.45, 7) is 0.203. The van der Waals surface area contributed by atoms with Crippen LogP contribution < -0.4 is 4.90 Å². The van der Waals surface area contributed by atoms with E-state index in [2.05, 4.69) is 4.98 Å². The molecule has 0 spiro atoms. The molecule has 0 fully saturated rings. The highest BCUT2D eigenvalue weighted by atomic mass is 16.6. The number of rotatable bonds is 6. The zero-order valence-corrected chi connectivity index (χ0v) is 9.94. The number of aromatic nitrogens is 1. The molecule has 0 aliphatic heterocycles. The second kappa shape index (κ2) is 5.76. The van der Waals surface area contributed by atoms with Crippen LogP contribution in [0.15, 0.2) is 12.3 Å². The molecule has 0 saturated carbocycles. The summed E-state index contributed by atoms with van der Waals surface area (Å²) in [7, 11) is 0. The van der Waals surface area contributed by atoms with Gasteiger partial charge in [-0.25, -0.2) is 4.98 Å². The normalized spacial score (nSPS) is 9.95. The lowest BCUT2D eigenvalue weighted by atomic mass is 10.2. The topological polar surface area (TPSA) is 134 Å². The number of anilines is 1. The Labute approximate surface area is 107 Å². The standard InChI is InChI=1S/C10H11N3O6/c1-6-2-7(13(18)19)10(11-3-6)12(4-8(14)15)5-9(16)17/h2-3H,4-5H2,1H3,(H,14,15)(H,16,17). The van der Waals surface area contributed by atoms with Crippen molar-refractivity contribution in [3.63, 3.8) is 0 Å². The quantitative estimate of drug-likeness (QED) is 0.555. The Hall–Kier alpha value is -2.71. The fourth-order valence-electron chi connectivity index (χ4n) is 1.46. The van der Waals surface area contributed by atoms with E-state index in [9.17, 15) is 19.7 Å². The van der Waals surface area contributed by atoms with Crippen LogP contribution in [0.5, 0.6) is 0 Å². The molecule has 0 bridgehead atoms. The lowest BCUT2D eigenvalue weighted by Gasteiger charge is -2.19. The zero-order valence-electron chi connectivity index (χ0n) is 9.94. The predicted octanol–water partition coefficient (Wildman–Crippen LogP) is 0.274. The molecule has 0 aliphatic carbocycles. The van der Waals surface area contributed by atoms with Crippen molar-refractivity contribution in [2.24, 2.45) is 0 Å². The van der Waals surface area contributed by atoms with Crippen LogP contribution >= 0.6 is 0 Å². The van der Waals surface area contributed by atoms with Crippen molar-refractivity contribution in [3.05, 3.63) is 27.9 Å². The first-order valence-electron chi connectivity index (χ1n) is 5.11. The van der Waals surface area contributed by atoms with Crippen LogP contribution in [0.25, 0.3) is 0 Å². The average molecular weight is 269 g/mol. The minimum Gasteiger partial charge on any atom is -0.480 e. The third-order valence-corrected chi connectivity index (χ3v) is 2.13. The van der Waals surface area contributed by atoms with E-state index in [0.29, 0.717) is 5.56 Å². The Balaban J connectivity index is 3.24. The Morgan fingerprint density at radius 1 is 1.37 bits per heavy atom. The van der Waals surface area contributed by atoms with Gasteiger partial charge in [-0.2, -0.15) is 0 Å². The SMILES string of the molecule is Cc1cnc(N(CC(=O)O)CC(=O)O)c([N+](=O)[O-])c1. The van der Waals surface area contributed by atoms with Crippen molar-refractivity contribution in [2.45, 2.75) is 6.92 Å². The van der Waals surface area contributed by atoms with Gasteiger partial charge in [-0.15, -0.1) is 0 Å². The van der Waals surface area contributed by atoms with E-state index >= 15 is 0 Å². The van der Waals surface area contributed by atoms with E-state index < -0.39 is 35.6 Å². The van der Waals surface area contributed by atoms with Gasteiger partial charge in [-0.3, -0.25) is 19.7 Å². The molecule has 19 heavy (non-hydrogen) atoms. The van der Waals surface area contributed by atoms with E-state index in [1.807, 2.05) is 0 Å². The van der Waals surface area contributed by atoms with Gasteiger partial charge in [0.1, 0.15) is 13.1 Å². The first kappa shape index (κ1) is 14.4. The number of nitrogens with zero attached hydrogens (tertiary/aromatic N) is 3. The number of hydrogen-bond acceptors (Lipinski definition) is 6. The van der Waals surface area contributed by atoms with Gasteiger partial charge in [-0.1, -0.05) is 0 Å². The molecular weight excluding hydrogens is 258 g/mol. The van der Waals surface area contributed by atoms with Crippen LogP contribution in [0.4, 0.5) is 11.5 Å². The molecule has 9 heteroatoms. The van der Waals surface area contributed by atoms with Gasteiger partial charge in [0.05, 0.1) is 4.92 Å². The molecule has 0 aromatic carbocycles. The van der Waals surface area contributed by atoms with E-state index in [1.165, 1.54) is 12.3 Å². The maximum atomic E-state index is 10.9. The molecule has 102 valence electrons. The number of nitro groups is 1. The number of hydrogen-bond donors (Lipinski definition) is 2. The molecule has 0 unspecified atom stereocenters. The maximum Gasteiger partial charge on any atom is 0.323 e. The molecule has 1 aromatic rings. The molecule has 0 aliphatic rings. The largest absolute Gasteiger partial charge is 0.480 e. The van der Waals surface area contributed by atoms with E-state index in [0.717, 1.165) is 4.90 Å². The van der Waals surface area contributed by atoms with Crippen molar-refractivity contribution >= 4 is 23.4 Å². The Morgan fingerprint density at radius 3 is 2.32 bits per heavy atom. The fourth-order valence-corrected chi connectivity index (χ4v) is 1.46. The number of pyridine rings is 1. The van der Waals surface area contributed by atoms with Crippen molar-refractivity contribution in [3.8, 4) is 0 Å². The van der Waals surface area contributed by atoms with Crippen molar-refractivity contribution < 1.29 is 24.7 Å². The van der Waals surface area contributed by atoms with E-state index in [1.54, 1.807) is 6.92 Å². The summed E-state index contributed by atoms with van der Waals surface area (Å²) in [6.07, 6.45) is 1.30. The van der Waals surface area contributed by atoms with Gasteiger partial charge in [-0.05, 0) is 12.5 Å². The minimum atomic E-state index is -1.31. The molecule has 0 radical (unpaired) electrons. The third-order valence-electron chi connectivity index (χ3n) is 2.13. The summed E-state index contributed by atoms with van der Waals surface area (Å²) in [5.74, 6) is -2.89. The molecule has 1 aromatic heterocycles. The van der Waals surface area contributed by atoms with Crippen LogP contribution in [0.1, 0.15) is 5.56 Å². The Kier molecular flexibility index (Phi) is 4.35. The van der Waals surface area contributed by atoms with Gasteiger partial charge in [0.15, 0.2) is 0 Å². The highest BCUT2D eigenvalue weighted by Crippen LogP contribution is 2.26. The van der Waals surface area contributed by atoms with Crippen LogP contribution in [0.3, 0.4) is 0 Å². The van der Waals surface area contributed by atoms with Crippen LogP contribution in [-0.4, -0.2) is 45.1 Å². The van der Waals surface area contributed by atoms with Gasteiger partial charge in [0.25, 0.3) is 0 Å². The predicted molar refractivity (Wildman–Crippen MR) is 63.1 cm³/mol. The minimum absolute atomic E-state index is 0.277. The summed E-state index contributed by atoms with van der Waals surface area (Å²) in [5.41, 5.74) is 0.0866. The third kappa shape index (κ3) is 3.91. The molecule has 1 heterocycles. The Morgan fingerprint density at radius 2 is 1.89 bits per heavy atom. The number of aryl methyl sites for hydroxylation is 1. The van der Waals surface area contributed by atoms with Gasteiger partial charge in [0, 0.05) is 12.3 Å². The van der Waals surface area contributed by atoms with Gasteiger partial charge >= 0.3 is 17.6 Å². The molecule has 0 atom stereocenters. The first-order valence-corrected chi connectivity index (χ1v) is 5.11. The van der Waals surface area contributed by atoms with Crippen molar-refractivity contribution in [1.82, 2.24) is 4.98 Å². The summed E-state index contributed by atoms with van der Waals surface area (Å²) in [4.78, 5) is 36.1. The van der Waals surface area contributed by atoms with Crippen LogP contribution in [0.2, 0.25) is 0 Å². The summed E-state index contributed by atoms with van der Waals surface area (Å²) in [5, 5.41) is 28.3. The first-order chi connectivity index (χ1) is 8.81. The van der Waals surface area contributed by atoms with E-state index in [4.69, 9.17) is 10.2 Å². The van der Waals surface area contributed by atoms with E-state index in [-0.39, 0.29) is 5.82 Å².